The third kappa shape index (κ3) is 4.36. The molecule has 0 bridgehead atoms. The molecule has 1 unspecified atom stereocenters. The maximum atomic E-state index is 12.6. The zero-order chi connectivity index (χ0) is 16.2. The van der Waals surface area contributed by atoms with Gasteiger partial charge in [-0.2, -0.15) is 0 Å². The largest absolute Gasteiger partial charge is 0.340 e. The molecule has 2 aromatic heterocycles. The highest BCUT2D eigenvalue weighted by Gasteiger charge is 2.28. The van der Waals surface area contributed by atoms with Gasteiger partial charge >= 0.3 is 0 Å². The van der Waals surface area contributed by atoms with E-state index in [0.29, 0.717) is 13.1 Å². The van der Waals surface area contributed by atoms with E-state index in [1.165, 1.54) is 4.88 Å². The fourth-order valence-electron chi connectivity index (χ4n) is 2.91. The Kier molecular flexibility index (Phi) is 6.79. The first kappa shape index (κ1) is 18.9. The summed E-state index contributed by atoms with van der Waals surface area (Å²) in [6.45, 7) is 3.70. The quantitative estimate of drug-likeness (QED) is 0.868. The number of rotatable bonds is 5. The van der Waals surface area contributed by atoms with Crippen molar-refractivity contribution >= 4 is 29.7 Å². The number of halogens is 1. The molecule has 8 heteroatoms. The van der Waals surface area contributed by atoms with Gasteiger partial charge in [0.2, 0.25) is 5.91 Å². The number of imidazole rings is 1. The van der Waals surface area contributed by atoms with E-state index in [1.807, 2.05) is 47.4 Å². The van der Waals surface area contributed by atoms with Crippen LogP contribution >= 0.6 is 23.7 Å². The topological polar surface area (TPSA) is 53.4 Å². The number of carbonyl (C=O) groups excluding carboxylic acids is 1. The van der Waals surface area contributed by atoms with Crippen molar-refractivity contribution in [2.24, 2.45) is 7.05 Å². The number of aromatic nitrogens is 2. The summed E-state index contributed by atoms with van der Waals surface area (Å²) in [5.74, 6) is 1.16. The molecule has 0 saturated carbocycles. The molecule has 24 heavy (non-hydrogen) atoms. The fraction of sp³-hybridized carbons (Fsp3) is 0.500. The SMILES string of the molecule is CN(Cc1cccs1)C(=O)CN1CCNCC1c1nccn1C.Cl. The lowest BCUT2D eigenvalue weighted by Gasteiger charge is -2.36. The number of hydrogen-bond acceptors (Lipinski definition) is 5. The Labute approximate surface area is 152 Å². The van der Waals surface area contributed by atoms with Crippen molar-refractivity contribution in [3.8, 4) is 0 Å². The van der Waals surface area contributed by atoms with E-state index in [-0.39, 0.29) is 24.4 Å². The van der Waals surface area contributed by atoms with Crippen LogP contribution in [0.4, 0.5) is 0 Å². The van der Waals surface area contributed by atoms with Crippen LogP contribution in [0.15, 0.2) is 29.9 Å². The summed E-state index contributed by atoms with van der Waals surface area (Å²) in [5.41, 5.74) is 0. The highest BCUT2D eigenvalue weighted by atomic mass is 35.5. The van der Waals surface area contributed by atoms with E-state index in [9.17, 15) is 4.79 Å². The minimum atomic E-state index is 0. The van der Waals surface area contributed by atoms with Gasteiger partial charge in [0.1, 0.15) is 5.82 Å². The second kappa shape index (κ2) is 8.62. The Morgan fingerprint density at radius 2 is 2.38 bits per heavy atom. The maximum absolute atomic E-state index is 12.6. The zero-order valence-corrected chi connectivity index (χ0v) is 15.6. The van der Waals surface area contributed by atoms with Gasteiger partial charge in [-0.1, -0.05) is 6.07 Å². The van der Waals surface area contributed by atoms with Gasteiger partial charge in [0.05, 0.1) is 19.1 Å². The van der Waals surface area contributed by atoms with Crippen molar-refractivity contribution in [1.82, 2.24) is 24.7 Å². The monoisotopic (exact) mass is 369 g/mol. The number of nitrogens with one attached hydrogen (secondary N) is 1. The molecule has 1 N–H and O–H groups in total. The highest BCUT2D eigenvalue weighted by molar-refractivity contribution is 7.09. The zero-order valence-electron chi connectivity index (χ0n) is 14.0. The Bertz CT molecular complexity index is 645. The van der Waals surface area contributed by atoms with E-state index in [4.69, 9.17) is 0 Å². The second-order valence-electron chi connectivity index (χ2n) is 5.92. The average Bonchev–Trinajstić information content (AvgIpc) is 3.19. The van der Waals surface area contributed by atoms with Crippen molar-refractivity contribution < 1.29 is 4.79 Å². The lowest BCUT2D eigenvalue weighted by Crippen LogP contribution is -2.50. The summed E-state index contributed by atoms with van der Waals surface area (Å²) in [5, 5.41) is 5.44. The van der Waals surface area contributed by atoms with Gasteiger partial charge in [0.25, 0.3) is 0 Å². The Morgan fingerprint density at radius 3 is 3.04 bits per heavy atom. The smallest absolute Gasteiger partial charge is 0.236 e. The van der Waals surface area contributed by atoms with Gasteiger partial charge in [-0.15, -0.1) is 23.7 Å². The predicted octanol–water partition coefficient (Wildman–Crippen LogP) is 1.51. The number of thiophene rings is 1. The molecule has 1 aliphatic rings. The first-order chi connectivity index (χ1) is 11.1. The fourth-order valence-corrected chi connectivity index (χ4v) is 3.66. The summed E-state index contributed by atoms with van der Waals surface area (Å²) in [6.07, 6.45) is 3.76. The van der Waals surface area contributed by atoms with Gasteiger partial charge < -0.3 is 14.8 Å². The van der Waals surface area contributed by atoms with Crippen LogP contribution < -0.4 is 5.32 Å². The van der Waals surface area contributed by atoms with Crippen LogP contribution in [0.25, 0.3) is 0 Å². The minimum absolute atomic E-state index is 0. The second-order valence-corrected chi connectivity index (χ2v) is 6.95. The number of aryl methyl sites for hydroxylation is 1. The highest BCUT2D eigenvalue weighted by Crippen LogP contribution is 2.20. The first-order valence-electron chi connectivity index (χ1n) is 7.83. The number of carbonyl (C=O) groups is 1. The standard InChI is InChI=1S/C16H23N5OS.ClH/c1-19-7-6-18-16(19)14-10-17-5-8-21(14)12-15(22)20(2)11-13-4-3-9-23-13;/h3-4,6-7,9,14,17H,5,8,10-12H2,1-2H3;1H. The first-order valence-corrected chi connectivity index (χ1v) is 8.71. The molecule has 0 radical (unpaired) electrons. The number of amides is 1. The van der Waals surface area contributed by atoms with E-state index in [1.54, 1.807) is 11.3 Å². The average molecular weight is 370 g/mol. The molecule has 3 rings (SSSR count). The minimum Gasteiger partial charge on any atom is -0.340 e. The summed E-state index contributed by atoms with van der Waals surface area (Å²) < 4.78 is 2.03. The van der Waals surface area contributed by atoms with Gasteiger partial charge in [-0.25, -0.2) is 4.98 Å². The molecule has 6 nitrogen and oxygen atoms in total. The van der Waals surface area contributed by atoms with Crippen LogP contribution in [0.5, 0.6) is 0 Å². The Morgan fingerprint density at radius 1 is 1.54 bits per heavy atom. The summed E-state index contributed by atoms with van der Waals surface area (Å²) in [6, 6.07) is 4.23. The van der Waals surface area contributed by atoms with Crippen LogP contribution in [0.3, 0.4) is 0 Å². The summed E-state index contributed by atoms with van der Waals surface area (Å²) in [4.78, 5) is 22.3. The lowest BCUT2D eigenvalue weighted by atomic mass is 10.1. The maximum Gasteiger partial charge on any atom is 0.236 e. The molecule has 1 fully saturated rings. The molecule has 3 heterocycles. The van der Waals surface area contributed by atoms with Gasteiger partial charge in [0.15, 0.2) is 0 Å². The van der Waals surface area contributed by atoms with Crippen molar-refractivity contribution in [2.75, 3.05) is 33.2 Å². The number of nitrogens with zero attached hydrogens (tertiary/aromatic N) is 4. The Balaban J connectivity index is 0.00000208. The van der Waals surface area contributed by atoms with E-state index in [0.717, 1.165) is 25.5 Å². The van der Waals surface area contributed by atoms with Crippen molar-refractivity contribution in [3.05, 3.63) is 40.6 Å². The molecule has 1 aliphatic heterocycles. The molecular weight excluding hydrogens is 346 g/mol. The third-order valence-corrected chi connectivity index (χ3v) is 5.11. The third-order valence-electron chi connectivity index (χ3n) is 4.25. The summed E-state index contributed by atoms with van der Waals surface area (Å²) >= 11 is 1.68. The number of likely N-dealkylation sites (N-methyl/N-ethyl adjacent to an activating group) is 1. The molecule has 132 valence electrons. The van der Waals surface area contributed by atoms with Gasteiger partial charge in [0, 0.05) is 51.0 Å². The molecule has 1 saturated heterocycles. The van der Waals surface area contributed by atoms with Crippen molar-refractivity contribution in [1.29, 1.82) is 0 Å². The van der Waals surface area contributed by atoms with Crippen LogP contribution in [0.1, 0.15) is 16.7 Å². The molecule has 0 spiro atoms. The number of piperazine rings is 1. The van der Waals surface area contributed by atoms with E-state index in [2.05, 4.69) is 21.3 Å². The van der Waals surface area contributed by atoms with Gasteiger partial charge in [-0.05, 0) is 11.4 Å². The van der Waals surface area contributed by atoms with Crippen LogP contribution in [-0.4, -0.2) is 58.5 Å². The lowest BCUT2D eigenvalue weighted by molar-refractivity contribution is -0.132. The number of hydrogen-bond donors (Lipinski definition) is 1. The van der Waals surface area contributed by atoms with Crippen molar-refractivity contribution in [3.63, 3.8) is 0 Å². The van der Waals surface area contributed by atoms with E-state index >= 15 is 0 Å². The van der Waals surface area contributed by atoms with Crippen LogP contribution in [0, 0.1) is 0 Å². The van der Waals surface area contributed by atoms with Crippen molar-refractivity contribution in [2.45, 2.75) is 12.6 Å². The van der Waals surface area contributed by atoms with Gasteiger partial charge in [-0.3, -0.25) is 9.69 Å². The molecule has 0 aromatic carbocycles. The normalized spacial score (nSPS) is 18.2. The molecule has 1 atom stereocenters. The molecular formula is C16H24ClN5OS. The van der Waals surface area contributed by atoms with E-state index < -0.39 is 0 Å². The van der Waals surface area contributed by atoms with Crippen LogP contribution in [-0.2, 0) is 18.4 Å². The Hall–Kier alpha value is -1.41. The molecule has 0 aliphatic carbocycles. The summed E-state index contributed by atoms with van der Waals surface area (Å²) in [7, 11) is 3.87. The van der Waals surface area contributed by atoms with Crippen LogP contribution in [0.2, 0.25) is 0 Å². The molecule has 1 amide bonds. The predicted molar refractivity (Wildman–Crippen MR) is 98.4 cm³/mol. The molecule has 2 aromatic rings.